The summed E-state index contributed by atoms with van der Waals surface area (Å²) in [6, 6.07) is 11.8. The number of hydrogen-bond acceptors (Lipinski definition) is 3. The average molecular weight is 283 g/mol. The summed E-state index contributed by atoms with van der Waals surface area (Å²) in [6.07, 6.45) is 3.81. The molecule has 0 aliphatic carbocycles. The van der Waals surface area contributed by atoms with Crippen molar-refractivity contribution in [3.63, 3.8) is 0 Å². The lowest BCUT2D eigenvalue weighted by Gasteiger charge is -2.28. The molecule has 1 aliphatic rings. The van der Waals surface area contributed by atoms with E-state index in [1.165, 1.54) is 17.2 Å². The topological polar surface area (TPSA) is 51.3 Å². The molecule has 110 valence electrons. The van der Waals surface area contributed by atoms with Crippen molar-refractivity contribution in [2.24, 2.45) is 0 Å². The molecule has 0 spiro atoms. The molecule has 0 bridgehead atoms. The van der Waals surface area contributed by atoms with Crippen LogP contribution in [0.25, 0.3) is 0 Å². The number of fused-ring (bicyclic) bond motifs is 1. The number of pyridine rings is 1. The highest BCUT2D eigenvalue weighted by molar-refractivity contribution is 5.33. The molecule has 1 aliphatic heterocycles. The highest BCUT2D eigenvalue weighted by atomic mass is 16.1. The Labute approximate surface area is 124 Å². The SMILES string of the molecule is Nc1ccc(=O)n(CCCN2CCc3ccccc3C2)c1. The lowest BCUT2D eigenvalue weighted by molar-refractivity contribution is 0.246. The second kappa shape index (κ2) is 6.14. The van der Waals surface area contributed by atoms with Crippen LogP contribution in [-0.2, 0) is 19.5 Å². The zero-order valence-electron chi connectivity index (χ0n) is 12.2. The van der Waals surface area contributed by atoms with Crippen molar-refractivity contribution in [1.29, 1.82) is 0 Å². The Kier molecular flexibility index (Phi) is 4.06. The summed E-state index contributed by atoms with van der Waals surface area (Å²) in [5.41, 5.74) is 9.29. The molecule has 2 N–H and O–H groups in total. The van der Waals surface area contributed by atoms with Gasteiger partial charge in [-0.15, -0.1) is 0 Å². The van der Waals surface area contributed by atoms with E-state index >= 15 is 0 Å². The molecule has 0 radical (unpaired) electrons. The molecule has 3 rings (SSSR count). The quantitative estimate of drug-likeness (QED) is 0.932. The standard InChI is InChI=1S/C17H21N3O/c18-16-6-7-17(21)20(13-16)10-3-9-19-11-8-14-4-1-2-5-15(14)12-19/h1-2,4-7,13H,3,8-12,18H2. The minimum atomic E-state index is 0.0215. The molecule has 1 aromatic heterocycles. The molecule has 0 saturated carbocycles. The second-order valence-electron chi connectivity index (χ2n) is 5.64. The van der Waals surface area contributed by atoms with Gasteiger partial charge in [0.1, 0.15) is 0 Å². The summed E-state index contributed by atoms with van der Waals surface area (Å²) in [7, 11) is 0. The van der Waals surface area contributed by atoms with Crippen LogP contribution in [0.15, 0.2) is 47.4 Å². The summed E-state index contributed by atoms with van der Waals surface area (Å²) >= 11 is 0. The van der Waals surface area contributed by atoms with E-state index in [9.17, 15) is 4.79 Å². The third kappa shape index (κ3) is 3.34. The van der Waals surface area contributed by atoms with E-state index in [0.29, 0.717) is 5.69 Å². The van der Waals surface area contributed by atoms with Crippen LogP contribution >= 0.6 is 0 Å². The van der Waals surface area contributed by atoms with Gasteiger partial charge in [-0.3, -0.25) is 9.69 Å². The third-order valence-electron chi connectivity index (χ3n) is 4.09. The van der Waals surface area contributed by atoms with E-state index in [1.807, 2.05) is 0 Å². The van der Waals surface area contributed by atoms with Crippen molar-refractivity contribution in [3.05, 3.63) is 64.1 Å². The fourth-order valence-corrected chi connectivity index (χ4v) is 2.93. The van der Waals surface area contributed by atoms with Gasteiger partial charge in [-0.05, 0) is 30.0 Å². The predicted octanol–water partition coefficient (Wildman–Crippen LogP) is 1.88. The van der Waals surface area contributed by atoms with Crippen LogP contribution in [0.5, 0.6) is 0 Å². The van der Waals surface area contributed by atoms with E-state index < -0.39 is 0 Å². The second-order valence-corrected chi connectivity index (χ2v) is 5.64. The van der Waals surface area contributed by atoms with E-state index in [-0.39, 0.29) is 5.56 Å². The molecule has 4 nitrogen and oxygen atoms in total. The van der Waals surface area contributed by atoms with E-state index in [0.717, 1.165) is 39.0 Å². The van der Waals surface area contributed by atoms with Crippen molar-refractivity contribution in [3.8, 4) is 0 Å². The summed E-state index contributed by atoms with van der Waals surface area (Å²) in [5.74, 6) is 0. The number of benzene rings is 1. The van der Waals surface area contributed by atoms with Crippen LogP contribution < -0.4 is 11.3 Å². The highest BCUT2D eigenvalue weighted by Crippen LogP contribution is 2.18. The number of nitrogen functional groups attached to an aromatic ring is 1. The van der Waals surface area contributed by atoms with Gasteiger partial charge >= 0.3 is 0 Å². The molecular formula is C17H21N3O. The van der Waals surface area contributed by atoms with Gasteiger partial charge in [0.2, 0.25) is 0 Å². The first-order chi connectivity index (χ1) is 10.2. The summed E-state index contributed by atoms with van der Waals surface area (Å²) in [5, 5.41) is 0. The Bertz CT molecular complexity index is 678. The van der Waals surface area contributed by atoms with Crippen LogP contribution in [-0.4, -0.2) is 22.6 Å². The molecular weight excluding hydrogens is 262 g/mol. The van der Waals surface area contributed by atoms with Gasteiger partial charge in [-0.2, -0.15) is 0 Å². The summed E-state index contributed by atoms with van der Waals surface area (Å²) in [6.45, 7) is 3.85. The van der Waals surface area contributed by atoms with E-state index in [2.05, 4.69) is 29.2 Å². The van der Waals surface area contributed by atoms with Crippen molar-refractivity contribution < 1.29 is 0 Å². The van der Waals surface area contributed by atoms with Crippen LogP contribution in [0.1, 0.15) is 17.5 Å². The fraction of sp³-hybridized carbons (Fsp3) is 0.353. The Hall–Kier alpha value is -2.07. The van der Waals surface area contributed by atoms with E-state index in [1.54, 1.807) is 16.8 Å². The smallest absolute Gasteiger partial charge is 0.250 e. The Morgan fingerprint density at radius 2 is 1.86 bits per heavy atom. The predicted molar refractivity (Wildman–Crippen MR) is 85.2 cm³/mol. The fourth-order valence-electron chi connectivity index (χ4n) is 2.93. The molecule has 0 atom stereocenters. The van der Waals surface area contributed by atoms with Gasteiger partial charge in [-0.1, -0.05) is 24.3 Å². The number of aromatic nitrogens is 1. The Morgan fingerprint density at radius 1 is 1.05 bits per heavy atom. The highest BCUT2D eigenvalue weighted by Gasteiger charge is 2.14. The van der Waals surface area contributed by atoms with Gasteiger partial charge in [0.25, 0.3) is 5.56 Å². The number of rotatable bonds is 4. The average Bonchev–Trinajstić information content (AvgIpc) is 2.50. The van der Waals surface area contributed by atoms with Gasteiger partial charge in [0.15, 0.2) is 0 Å². The maximum atomic E-state index is 11.7. The van der Waals surface area contributed by atoms with Crippen molar-refractivity contribution in [2.45, 2.75) is 25.9 Å². The zero-order chi connectivity index (χ0) is 14.7. The first-order valence-electron chi connectivity index (χ1n) is 7.47. The molecule has 1 aromatic carbocycles. The molecule has 21 heavy (non-hydrogen) atoms. The molecule has 4 heteroatoms. The Morgan fingerprint density at radius 3 is 2.71 bits per heavy atom. The molecule has 0 amide bonds. The number of aryl methyl sites for hydroxylation is 1. The largest absolute Gasteiger partial charge is 0.398 e. The van der Waals surface area contributed by atoms with Crippen molar-refractivity contribution >= 4 is 5.69 Å². The normalized spacial score (nSPS) is 14.9. The number of anilines is 1. The first kappa shape index (κ1) is 13.9. The van der Waals surface area contributed by atoms with Crippen molar-refractivity contribution in [2.75, 3.05) is 18.8 Å². The number of hydrogen-bond donors (Lipinski definition) is 1. The van der Waals surface area contributed by atoms with Gasteiger partial charge < -0.3 is 10.3 Å². The van der Waals surface area contributed by atoms with Crippen LogP contribution in [0, 0.1) is 0 Å². The minimum Gasteiger partial charge on any atom is -0.398 e. The minimum absolute atomic E-state index is 0.0215. The molecule has 0 saturated heterocycles. The number of nitrogens with zero attached hydrogens (tertiary/aromatic N) is 2. The molecule has 0 unspecified atom stereocenters. The maximum Gasteiger partial charge on any atom is 0.250 e. The maximum absolute atomic E-state index is 11.7. The van der Waals surface area contributed by atoms with E-state index in [4.69, 9.17) is 5.73 Å². The van der Waals surface area contributed by atoms with Gasteiger partial charge in [-0.25, -0.2) is 0 Å². The lowest BCUT2D eigenvalue weighted by atomic mass is 10.00. The van der Waals surface area contributed by atoms with Gasteiger partial charge in [0, 0.05) is 44.1 Å². The lowest BCUT2D eigenvalue weighted by Crippen LogP contribution is -2.32. The Balaban J connectivity index is 1.55. The molecule has 2 aromatic rings. The third-order valence-corrected chi connectivity index (χ3v) is 4.09. The van der Waals surface area contributed by atoms with Crippen LogP contribution in [0.2, 0.25) is 0 Å². The summed E-state index contributed by atoms with van der Waals surface area (Å²) < 4.78 is 1.70. The molecule has 2 heterocycles. The zero-order valence-corrected chi connectivity index (χ0v) is 12.2. The van der Waals surface area contributed by atoms with Crippen LogP contribution in [0.4, 0.5) is 5.69 Å². The number of nitrogens with two attached hydrogens (primary N) is 1. The first-order valence-corrected chi connectivity index (χ1v) is 7.47. The monoisotopic (exact) mass is 283 g/mol. The molecule has 0 fully saturated rings. The van der Waals surface area contributed by atoms with Crippen molar-refractivity contribution in [1.82, 2.24) is 9.47 Å². The summed E-state index contributed by atoms with van der Waals surface area (Å²) in [4.78, 5) is 14.2. The van der Waals surface area contributed by atoms with Gasteiger partial charge in [0.05, 0.1) is 0 Å². The van der Waals surface area contributed by atoms with Crippen LogP contribution in [0.3, 0.4) is 0 Å².